The molecule has 0 aromatic rings. The van der Waals surface area contributed by atoms with Crippen molar-refractivity contribution in [3.63, 3.8) is 0 Å². The molecule has 66 valence electrons. The fraction of sp³-hybridized carbons (Fsp3) is 0.750. The molecule has 0 atom stereocenters. The fourth-order valence-corrected chi connectivity index (χ4v) is 0.844. The lowest BCUT2D eigenvalue weighted by atomic mass is 10.7. The zero-order chi connectivity index (χ0) is 8.91. The van der Waals surface area contributed by atoms with Crippen LogP contribution in [-0.2, 0) is 10.1 Å². The van der Waals surface area contributed by atoms with Crippen LogP contribution >= 0.6 is 12.2 Å². The van der Waals surface area contributed by atoms with E-state index < -0.39 is 10.1 Å². The molecule has 0 fully saturated rings. The maximum atomic E-state index is 10.2. The van der Waals surface area contributed by atoms with Crippen molar-refractivity contribution in [2.75, 3.05) is 19.3 Å². The Labute approximate surface area is 70.9 Å². The molecule has 0 saturated heterocycles. The minimum Gasteiger partial charge on any atom is -0.366 e. The molecule has 0 spiro atoms. The van der Waals surface area contributed by atoms with Crippen molar-refractivity contribution in [1.29, 1.82) is 0 Å². The van der Waals surface area contributed by atoms with Gasteiger partial charge in [-0.3, -0.25) is 4.55 Å². The Balaban J connectivity index is 3.51. The third-order valence-electron chi connectivity index (χ3n) is 0.873. The smallest absolute Gasteiger partial charge is 0.266 e. The van der Waals surface area contributed by atoms with E-state index in [1.807, 2.05) is 0 Å². The van der Waals surface area contributed by atoms with Crippen LogP contribution in [0.15, 0.2) is 0 Å². The van der Waals surface area contributed by atoms with Crippen LogP contribution in [0.3, 0.4) is 0 Å². The highest BCUT2D eigenvalue weighted by molar-refractivity contribution is 7.85. The monoisotopic (exact) mass is 198 g/mol. The Hall–Kier alpha value is -0.400. The van der Waals surface area contributed by atoms with E-state index in [0.29, 0.717) is 5.11 Å². The molecule has 0 aromatic carbocycles. The van der Waals surface area contributed by atoms with E-state index >= 15 is 0 Å². The van der Waals surface area contributed by atoms with Crippen LogP contribution in [0.4, 0.5) is 0 Å². The lowest BCUT2D eigenvalue weighted by Crippen LogP contribution is -2.35. The summed E-state index contributed by atoms with van der Waals surface area (Å²) in [7, 11) is -2.26. The van der Waals surface area contributed by atoms with Crippen LogP contribution in [0.2, 0.25) is 0 Å². The summed E-state index contributed by atoms with van der Waals surface area (Å²) in [4.78, 5) is 0. The Morgan fingerprint density at radius 1 is 1.64 bits per heavy atom. The van der Waals surface area contributed by atoms with Crippen LogP contribution in [0.1, 0.15) is 0 Å². The summed E-state index contributed by atoms with van der Waals surface area (Å²) in [6.45, 7) is 0.110. The number of rotatable bonds is 3. The Bertz CT molecular complexity index is 223. The molecule has 0 radical (unpaired) electrons. The maximum absolute atomic E-state index is 10.2. The molecule has 7 heteroatoms. The summed E-state index contributed by atoms with van der Waals surface area (Å²) < 4.78 is 28.6. The van der Waals surface area contributed by atoms with Gasteiger partial charge in [-0.15, -0.1) is 0 Å². The topological polar surface area (TPSA) is 78.4 Å². The van der Waals surface area contributed by atoms with Crippen molar-refractivity contribution < 1.29 is 13.0 Å². The van der Waals surface area contributed by atoms with Crippen molar-refractivity contribution in [2.24, 2.45) is 0 Å². The van der Waals surface area contributed by atoms with E-state index in [1.165, 1.54) is 0 Å². The van der Waals surface area contributed by atoms with Crippen LogP contribution in [-0.4, -0.2) is 37.4 Å². The largest absolute Gasteiger partial charge is 0.366 e. The standard InChI is InChI=1S/C4H10N2O3S2/c1-5-4(10)6-2-3-11(7,8)9/h2-3H2,1H3,(H2,5,6,10)(H,7,8,9). The molecule has 0 aromatic heterocycles. The summed E-state index contributed by atoms with van der Waals surface area (Å²) in [5, 5.41) is 5.52. The number of thiocarbonyl (C=S) groups is 1. The molecule has 0 amide bonds. The summed E-state index contributed by atoms with van der Waals surface area (Å²) in [6, 6.07) is 0. The SMILES string of the molecule is CNC(=S)NCCS(=O)(=O)O. The predicted molar refractivity (Wildman–Crippen MR) is 46.1 cm³/mol. The molecule has 0 aliphatic carbocycles. The van der Waals surface area contributed by atoms with Gasteiger partial charge in [-0.25, -0.2) is 0 Å². The molecule has 0 saturated carbocycles. The van der Waals surface area contributed by atoms with Gasteiger partial charge in [0.15, 0.2) is 5.11 Å². The first-order valence-corrected chi connectivity index (χ1v) is 4.88. The first kappa shape index (κ1) is 10.6. The van der Waals surface area contributed by atoms with Gasteiger partial charge in [0.05, 0.1) is 5.75 Å². The molecule has 11 heavy (non-hydrogen) atoms. The lowest BCUT2D eigenvalue weighted by Gasteiger charge is -2.04. The second-order valence-electron chi connectivity index (χ2n) is 1.79. The van der Waals surface area contributed by atoms with E-state index in [2.05, 4.69) is 22.9 Å². The zero-order valence-corrected chi connectivity index (χ0v) is 7.63. The number of nitrogens with one attached hydrogen (secondary N) is 2. The van der Waals surface area contributed by atoms with Gasteiger partial charge in [0.25, 0.3) is 10.1 Å². The molecular weight excluding hydrogens is 188 g/mol. The molecule has 0 bridgehead atoms. The summed E-state index contributed by atoms with van der Waals surface area (Å²) in [5.41, 5.74) is 0. The minimum absolute atomic E-state index is 0.110. The summed E-state index contributed by atoms with van der Waals surface area (Å²) in [6.07, 6.45) is 0. The molecule has 3 N–H and O–H groups in total. The van der Waals surface area contributed by atoms with Crippen LogP contribution in [0, 0.1) is 0 Å². The second kappa shape index (κ2) is 4.47. The van der Waals surface area contributed by atoms with E-state index in [-0.39, 0.29) is 12.3 Å². The third kappa shape index (κ3) is 7.50. The molecule has 0 aliphatic heterocycles. The van der Waals surface area contributed by atoms with Gasteiger partial charge in [0.1, 0.15) is 0 Å². The number of hydrogen-bond acceptors (Lipinski definition) is 3. The van der Waals surface area contributed by atoms with E-state index in [4.69, 9.17) is 4.55 Å². The van der Waals surface area contributed by atoms with Crippen molar-refractivity contribution in [3.05, 3.63) is 0 Å². The quantitative estimate of drug-likeness (QED) is 0.397. The molecular formula is C4H10N2O3S2. The van der Waals surface area contributed by atoms with E-state index in [0.717, 1.165) is 0 Å². The van der Waals surface area contributed by atoms with Crippen molar-refractivity contribution in [3.8, 4) is 0 Å². The van der Waals surface area contributed by atoms with Gasteiger partial charge in [0, 0.05) is 13.6 Å². The van der Waals surface area contributed by atoms with Crippen molar-refractivity contribution in [1.82, 2.24) is 10.6 Å². The van der Waals surface area contributed by atoms with E-state index in [1.54, 1.807) is 7.05 Å². The van der Waals surface area contributed by atoms with Gasteiger partial charge in [-0.05, 0) is 12.2 Å². The lowest BCUT2D eigenvalue weighted by molar-refractivity contribution is 0.482. The highest BCUT2D eigenvalue weighted by Crippen LogP contribution is 1.78. The van der Waals surface area contributed by atoms with E-state index in [9.17, 15) is 8.42 Å². The zero-order valence-electron chi connectivity index (χ0n) is 5.99. The first-order chi connectivity index (χ1) is 4.95. The van der Waals surface area contributed by atoms with Gasteiger partial charge in [-0.2, -0.15) is 8.42 Å². The Kier molecular flexibility index (Phi) is 4.31. The third-order valence-corrected chi connectivity index (χ3v) is 1.94. The van der Waals surface area contributed by atoms with Crippen LogP contribution < -0.4 is 10.6 Å². The molecule has 0 heterocycles. The Morgan fingerprint density at radius 2 is 2.18 bits per heavy atom. The first-order valence-electron chi connectivity index (χ1n) is 2.86. The fourth-order valence-electron chi connectivity index (χ4n) is 0.382. The molecule has 0 aliphatic rings. The average molecular weight is 198 g/mol. The van der Waals surface area contributed by atoms with Crippen molar-refractivity contribution in [2.45, 2.75) is 0 Å². The van der Waals surface area contributed by atoms with Crippen LogP contribution in [0.25, 0.3) is 0 Å². The molecule has 0 unspecified atom stereocenters. The van der Waals surface area contributed by atoms with Gasteiger partial charge >= 0.3 is 0 Å². The van der Waals surface area contributed by atoms with Gasteiger partial charge in [0.2, 0.25) is 0 Å². The van der Waals surface area contributed by atoms with Crippen LogP contribution in [0.5, 0.6) is 0 Å². The maximum Gasteiger partial charge on any atom is 0.266 e. The van der Waals surface area contributed by atoms with Gasteiger partial charge < -0.3 is 10.6 Å². The normalized spacial score (nSPS) is 10.7. The summed E-state index contributed by atoms with van der Waals surface area (Å²) in [5.74, 6) is -0.338. The van der Waals surface area contributed by atoms with Gasteiger partial charge in [-0.1, -0.05) is 0 Å². The minimum atomic E-state index is -3.88. The molecule has 0 rings (SSSR count). The molecule has 5 nitrogen and oxygen atoms in total. The second-order valence-corrected chi connectivity index (χ2v) is 3.77. The summed E-state index contributed by atoms with van der Waals surface area (Å²) >= 11 is 4.64. The predicted octanol–water partition coefficient (Wildman–Crippen LogP) is -1.03. The average Bonchev–Trinajstić information content (AvgIpc) is 1.85. The number of hydrogen-bond donors (Lipinski definition) is 3. The Morgan fingerprint density at radius 3 is 2.55 bits per heavy atom. The highest BCUT2D eigenvalue weighted by Gasteiger charge is 2.02. The van der Waals surface area contributed by atoms with Crippen molar-refractivity contribution >= 4 is 27.4 Å². The highest BCUT2D eigenvalue weighted by atomic mass is 32.2.